The van der Waals surface area contributed by atoms with E-state index in [-0.39, 0.29) is 11.7 Å². The minimum Gasteiger partial charge on any atom is -0.493 e. The second-order valence-electron chi connectivity index (χ2n) is 6.89. The largest absolute Gasteiger partial charge is 0.493 e. The molecule has 2 aromatic heterocycles. The van der Waals surface area contributed by atoms with Crippen LogP contribution in [0.1, 0.15) is 20.2 Å². The fraction of sp³-hybridized carbons (Fsp3) is 0.174. The van der Waals surface area contributed by atoms with E-state index >= 15 is 0 Å². The number of anilines is 1. The molecule has 2 heterocycles. The number of nitrogens with zero attached hydrogens (tertiary/aromatic N) is 2. The van der Waals surface area contributed by atoms with Gasteiger partial charge in [0.05, 0.1) is 25.6 Å². The van der Waals surface area contributed by atoms with Crippen LogP contribution in [-0.2, 0) is 0 Å². The Kier molecular flexibility index (Phi) is 6.20. The molecule has 1 N–H and O–H groups in total. The first-order valence-corrected chi connectivity index (χ1v) is 11.3. The highest BCUT2D eigenvalue weighted by molar-refractivity contribution is 7.18. The summed E-state index contributed by atoms with van der Waals surface area (Å²) in [5.41, 5.74) is 2.98. The first kappa shape index (κ1) is 21.9. The number of aryl methyl sites for hydroxylation is 2. The van der Waals surface area contributed by atoms with E-state index in [1.807, 2.05) is 19.1 Å². The molecular formula is C23H20FN3O3S2. The summed E-state index contributed by atoms with van der Waals surface area (Å²) in [6, 6.07) is 11.6. The van der Waals surface area contributed by atoms with Gasteiger partial charge >= 0.3 is 0 Å². The van der Waals surface area contributed by atoms with Gasteiger partial charge in [0.25, 0.3) is 5.91 Å². The van der Waals surface area contributed by atoms with Crippen LogP contribution in [0, 0.1) is 19.7 Å². The summed E-state index contributed by atoms with van der Waals surface area (Å²) in [5.74, 6) is 0.640. The molecule has 0 fully saturated rings. The van der Waals surface area contributed by atoms with Gasteiger partial charge in [-0.05, 0) is 56.3 Å². The standard InChI is InChI=1S/C23H20FN3O3S2/c1-12-20(32-22(25-12)15-7-10-17(29-3)18(11-15)30-4)21(28)27-23-26-19(13(2)31-23)14-5-8-16(24)9-6-14/h5-11H,1-4H3,(H,26,27,28). The Morgan fingerprint density at radius 1 is 0.938 bits per heavy atom. The number of amides is 1. The number of ether oxygens (including phenoxy) is 2. The molecule has 0 radical (unpaired) electrons. The first-order valence-electron chi connectivity index (χ1n) is 9.64. The SMILES string of the molecule is COc1ccc(-c2nc(C)c(C(=O)Nc3nc(-c4ccc(F)cc4)c(C)s3)s2)cc1OC. The quantitative estimate of drug-likeness (QED) is 0.377. The minimum atomic E-state index is -0.305. The summed E-state index contributed by atoms with van der Waals surface area (Å²) in [4.78, 5) is 23.5. The smallest absolute Gasteiger partial charge is 0.269 e. The number of aromatic nitrogens is 2. The van der Waals surface area contributed by atoms with Crippen molar-refractivity contribution in [2.24, 2.45) is 0 Å². The molecule has 0 spiro atoms. The number of benzene rings is 2. The molecule has 2 aromatic carbocycles. The van der Waals surface area contributed by atoms with Crippen molar-refractivity contribution in [3.63, 3.8) is 0 Å². The fourth-order valence-electron chi connectivity index (χ4n) is 3.18. The van der Waals surface area contributed by atoms with Crippen molar-refractivity contribution in [3.8, 4) is 33.3 Å². The van der Waals surface area contributed by atoms with E-state index in [0.29, 0.717) is 32.2 Å². The molecule has 0 atom stereocenters. The first-order chi connectivity index (χ1) is 15.4. The van der Waals surface area contributed by atoms with Crippen molar-refractivity contribution < 1.29 is 18.7 Å². The van der Waals surface area contributed by atoms with Crippen LogP contribution in [0.4, 0.5) is 9.52 Å². The van der Waals surface area contributed by atoms with E-state index in [1.54, 1.807) is 39.3 Å². The van der Waals surface area contributed by atoms with Crippen LogP contribution >= 0.6 is 22.7 Å². The van der Waals surface area contributed by atoms with Gasteiger partial charge in [0.15, 0.2) is 16.6 Å². The molecule has 0 unspecified atom stereocenters. The maximum absolute atomic E-state index is 13.2. The zero-order valence-corrected chi connectivity index (χ0v) is 19.5. The van der Waals surface area contributed by atoms with Gasteiger partial charge in [-0.25, -0.2) is 14.4 Å². The summed E-state index contributed by atoms with van der Waals surface area (Å²) < 4.78 is 23.9. The van der Waals surface area contributed by atoms with Crippen LogP contribution in [0.2, 0.25) is 0 Å². The highest BCUT2D eigenvalue weighted by Gasteiger charge is 2.19. The molecule has 0 saturated carbocycles. The number of carbonyl (C=O) groups excluding carboxylic acids is 1. The molecule has 0 aliphatic rings. The molecule has 32 heavy (non-hydrogen) atoms. The van der Waals surface area contributed by atoms with E-state index in [9.17, 15) is 9.18 Å². The van der Waals surface area contributed by atoms with Crippen LogP contribution in [0.5, 0.6) is 11.5 Å². The highest BCUT2D eigenvalue weighted by atomic mass is 32.1. The molecule has 0 aliphatic carbocycles. The molecule has 164 valence electrons. The zero-order chi connectivity index (χ0) is 22.8. The number of methoxy groups -OCH3 is 2. The number of nitrogens with one attached hydrogen (secondary N) is 1. The number of carbonyl (C=O) groups is 1. The molecule has 4 rings (SSSR count). The molecule has 0 saturated heterocycles. The Morgan fingerprint density at radius 3 is 2.31 bits per heavy atom. The molecular weight excluding hydrogens is 449 g/mol. The maximum atomic E-state index is 13.2. The average Bonchev–Trinajstić information content (AvgIpc) is 3.36. The van der Waals surface area contributed by atoms with Gasteiger partial charge in [-0.1, -0.05) is 0 Å². The van der Waals surface area contributed by atoms with E-state index in [0.717, 1.165) is 21.7 Å². The molecule has 0 bridgehead atoms. The summed E-state index contributed by atoms with van der Waals surface area (Å²) in [6.07, 6.45) is 0. The fourth-order valence-corrected chi connectivity index (χ4v) is 4.97. The van der Waals surface area contributed by atoms with E-state index in [1.165, 1.54) is 34.8 Å². The molecule has 9 heteroatoms. The number of rotatable bonds is 6. The Labute approximate surface area is 192 Å². The van der Waals surface area contributed by atoms with Gasteiger partial charge in [-0.15, -0.1) is 22.7 Å². The lowest BCUT2D eigenvalue weighted by atomic mass is 10.1. The van der Waals surface area contributed by atoms with Crippen molar-refractivity contribution in [1.82, 2.24) is 9.97 Å². The Balaban J connectivity index is 1.57. The van der Waals surface area contributed by atoms with Crippen LogP contribution in [0.3, 0.4) is 0 Å². The van der Waals surface area contributed by atoms with Crippen LogP contribution in [0.15, 0.2) is 42.5 Å². The predicted molar refractivity (Wildman–Crippen MR) is 126 cm³/mol. The van der Waals surface area contributed by atoms with Gasteiger partial charge in [-0.3, -0.25) is 10.1 Å². The Morgan fingerprint density at radius 2 is 1.62 bits per heavy atom. The van der Waals surface area contributed by atoms with Crippen LogP contribution in [0.25, 0.3) is 21.8 Å². The number of halogens is 1. The van der Waals surface area contributed by atoms with Crippen LogP contribution in [-0.4, -0.2) is 30.1 Å². The summed E-state index contributed by atoms with van der Waals surface area (Å²) in [7, 11) is 3.15. The maximum Gasteiger partial charge on any atom is 0.269 e. The summed E-state index contributed by atoms with van der Waals surface area (Å²) in [6.45, 7) is 3.71. The van der Waals surface area contributed by atoms with Crippen molar-refractivity contribution >= 4 is 33.7 Å². The predicted octanol–water partition coefficient (Wildman–Crippen LogP) is 5.96. The average molecular weight is 470 g/mol. The molecule has 6 nitrogen and oxygen atoms in total. The Bertz CT molecular complexity index is 1280. The van der Waals surface area contributed by atoms with Crippen molar-refractivity contribution in [3.05, 3.63) is 63.7 Å². The van der Waals surface area contributed by atoms with Crippen molar-refractivity contribution in [2.75, 3.05) is 19.5 Å². The third-order valence-electron chi connectivity index (χ3n) is 4.77. The number of hydrogen-bond donors (Lipinski definition) is 1. The Hall–Kier alpha value is -3.30. The third kappa shape index (κ3) is 4.35. The van der Waals surface area contributed by atoms with Gasteiger partial charge in [0.2, 0.25) is 0 Å². The summed E-state index contributed by atoms with van der Waals surface area (Å²) >= 11 is 2.67. The monoisotopic (exact) mass is 469 g/mol. The van der Waals surface area contributed by atoms with Gasteiger partial charge in [-0.2, -0.15) is 0 Å². The van der Waals surface area contributed by atoms with E-state index in [2.05, 4.69) is 15.3 Å². The van der Waals surface area contributed by atoms with Crippen LogP contribution < -0.4 is 14.8 Å². The van der Waals surface area contributed by atoms with Crippen molar-refractivity contribution in [2.45, 2.75) is 13.8 Å². The molecule has 0 aliphatic heterocycles. The van der Waals surface area contributed by atoms with Gasteiger partial charge < -0.3 is 9.47 Å². The summed E-state index contributed by atoms with van der Waals surface area (Å²) in [5, 5.41) is 4.05. The normalized spacial score (nSPS) is 10.8. The lowest BCUT2D eigenvalue weighted by molar-refractivity contribution is 0.103. The lowest BCUT2D eigenvalue weighted by Gasteiger charge is -2.08. The van der Waals surface area contributed by atoms with Gasteiger partial charge in [0.1, 0.15) is 15.7 Å². The second-order valence-corrected chi connectivity index (χ2v) is 9.09. The third-order valence-corrected chi connectivity index (χ3v) is 6.86. The molecule has 4 aromatic rings. The zero-order valence-electron chi connectivity index (χ0n) is 17.9. The van der Waals surface area contributed by atoms with Crippen molar-refractivity contribution in [1.29, 1.82) is 0 Å². The minimum absolute atomic E-state index is 0.272. The second kappa shape index (κ2) is 9.05. The topological polar surface area (TPSA) is 73.3 Å². The molecule has 1 amide bonds. The lowest BCUT2D eigenvalue weighted by Crippen LogP contribution is -2.11. The number of hydrogen-bond acceptors (Lipinski definition) is 7. The van der Waals surface area contributed by atoms with E-state index in [4.69, 9.17) is 9.47 Å². The van der Waals surface area contributed by atoms with Gasteiger partial charge in [0, 0.05) is 16.0 Å². The number of thiazole rings is 2. The highest BCUT2D eigenvalue weighted by Crippen LogP contribution is 2.36. The van der Waals surface area contributed by atoms with E-state index < -0.39 is 0 Å².